The summed E-state index contributed by atoms with van der Waals surface area (Å²) in [4.78, 5) is 12.8. The minimum Gasteiger partial charge on any atom is -0.470 e. The van der Waals surface area contributed by atoms with Crippen molar-refractivity contribution in [2.45, 2.75) is 20.6 Å². The van der Waals surface area contributed by atoms with E-state index >= 15 is 0 Å². The van der Waals surface area contributed by atoms with Gasteiger partial charge in [0.25, 0.3) is 5.91 Å². The number of hydrogen-bond donors (Lipinski definition) is 1. The van der Waals surface area contributed by atoms with Crippen LogP contribution in [0.5, 0.6) is 5.75 Å². The largest absolute Gasteiger partial charge is 0.470 e. The average molecular weight is 440 g/mol. The Hall–Kier alpha value is -3.02. The molecule has 0 saturated carbocycles. The normalized spacial score (nSPS) is 10.9. The van der Waals surface area contributed by atoms with E-state index in [1.165, 1.54) is 0 Å². The van der Waals surface area contributed by atoms with E-state index in [1.807, 2.05) is 56.3 Å². The molecule has 1 amide bonds. The number of ether oxygens (including phenoxy) is 1. The van der Waals surface area contributed by atoms with Crippen molar-refractivity contribution in [2.75, 3.05) is 5.32 Å². The van der Waals surface area contributed by atoms with Gasteiger partial charge in [0, 0.05) is 10.6 Å². The zero-order valence-electron chi connectivity index (χ0n) is 16.4. The Morgan fingerprint density at radius 1 is 1.03 bits per heavy atom. The van der Waals surface area contributed by atoms with Crippen LogP contribution in [-0.2, 0) is 6.73 Å². The summed E-state index contributed by atoms with van der Waals surface area (Å²) in [6.07, 6.45) is 0. The van der Waals surface area contributed by atoms with Crippen LogP contribution in [0, 0.1) is 13.8 Å². The smallest absolute Gasteiger partial charge is 0.255 e. The van der Waals surface area contributed by atoms with Crippen molar-refractivity contribution in [1.82, 2.24) is 9.78 Å². The van der Waals surface area contributed by atoms with Crippen LogP contribution < -0.4 is 10.1 Å². The second kappa shape index (κ2) is 8.38. The molecule has 0 bridgehead atoms. The molecule has 0 aliphatic rings. The predicted molar refractivity (Wildman–Crippen MR) is 121 cm³/mol. The minimum atomic E-state index is -0.187. The molecule has 7 heteroatoms. The fourth-order valence-corrected chi connectivity index (χ4v) is 3.71. The summed E-state index contributed by atoms with van der Waals surface area (Å²) >= 11 is 12.1. The highest BCUT2D eigenvalue weighted by molar-refractivity contribution is 6.35. The molecular formula is C23H19Cl2N3O2. The van der Waals surface area contributed by atoms with Gasteiger partial charge in [-0.15, -0.1) is 0 Å². The molecule has 0 radical (unpaired) electrons. The highest BCUT2D eigenvalue weighted by Crippen LogP contribution is 2.28. The summed E-state index contributed by atoms with van der Waals surface area (Å²) in [6.45, 7) is 3.87. The van der Waals surface area contributed by atoms with E-state index in [-0.39, 0.29) is 12.6 Å². The van der Waals surface area contributed by atoms with Crippen LogP contribution in [-0.4, -0.2) is 15.7 Å². The Kier molecular flexibility index (Phi) is 5.66. The lowest BCUT2D eigenvalue weighted by atomic mass is 10.1. The fraction of sp³-hybridized carbons (Fsp3) is 0.130. The molecule has 0 unspecified atom stereocenters. The van der Waals surface area contributed by atoms with Crippen LogP contribution in [0.1, 0.15) is 21.7 Å². The summed E-state index contributed by atoms with van der Waals surface area (Å²) in [5.74, 6) is 0.323. The van der Waals surface area contributed by atoms with Crippen LogP contribution in [0.3, 0.4) is 0 Å². The Morgan fingerprint density at radius 2 is 1.80 bits per heavy atom. The SMILES string of the molecule is Cc1nn(COc2ccc(Cl)cc2Cl)c(C)c1NC(=O)c1ccc2ccccc2c1. The third-order valence-corrected chi connectivity index (χ3v) is 5.40. The third kappa shape index (κ3) is 4.13. The van der Waals surface area contributed by atoms with Gasteiger partial charge in [-0.1, -0.05) is 53.5 Å². The molecule has 0 saturated heterocycles. The van der Waals surface area contributed by atoms with Crippen LogP contribution in [0.4, 0.5) is 5.69 Å². The van der Waals surface area contributed by atoms with Crippen molar-refractivity contribution < 1.29 is 9.53 Å². The first-order chi connectivity index (χ1) is 14.4. The van der Waals surface area contributed by atoms with Gasteiger partial charge >= 0.3 is 0 Å². The maximum absolute atomic E-state index is 12.8. The molecule has 0 aliphatic carbocycles. The number of rotatable bonds is 5. The number of nitrogens with zero attached hydrogens (tertiary/aromatic N) is 2. The lowest BCUT2D eigenvalue weighted by Gasteiger charge is -2.10. The number of halogens is 2. The zero-order valence-corrected chi connectivity index (χ0v) is 18.0. The molecule has 1 heterocycles. The monoisotopic (exact) mass is 439 g/mol. The van der Waals surface area contributed by atoms with E-state index in [9.17, 15) is 4.79 Å². The maximum atomic E-state index is 12.8. The molecule has 5 nitrogen and oxygen atoms in total. The molecule has 1 aromatic heterocycles. The zero-order chi connectivity index (χ0) is 21.3. The highest BCUT2D eigenvalue weighted by atomic mass is 35.5. The first kappa shape index (κ1) is 20.3. The summed E-state index contributed by atoms with van der Waals surface area (Å²) in [5, 5.41) is 10.5. The predicted octanol–water partition coefficient (Wildman–Crippen LogP) is 6.25. The molecule has 1 N–H and O–H groups in total. The number of carbonyl (C=O) groups excluding carboxylic acids is 1. The van der Waals surface area contributed by atoms with Crippen LogP contribution in [0.25, 0.3) is 10.8 Å². The van der Waals surface area contributed by atoms with Gasteiger partial charge in [-0.2, -0.15) is 5.10 Å². The second-order valence-corrected chi connectivity index (χ2v) is 7.75. The summed E-state index contributed by atoms with van der Waals surface area (Å²) in [5.41, 5.74) is 2.74. The number of amides is 1. The van der Waals surface area contributed by atoms with E-state index in [1.54, 1.807) is 22.9 Å². The number of anilines is 1. The van der Waals surface area contributed by atoms with Crippen molar-refractivity contribution in [3.63, 3.8) is 0 Å². The molecule has 0 atom stereocenters. The van der Waals surface area contributed by atoms with Crippen molar-refractivity contribution >= 4 is 45.6 Å². The molecule has 3 aromatic carbocycles. The van der Waals surface area contributed by atoms with Gasteiger partial charge in [0.15, 0.2) is 6.73 Å². The average Bonchev–Trinajstić information content (AvgIpc) is 3.00. The van der Waals surface area contributed by atoms with Gasteiger partial charge in [0.05, 0.1) is 22.1 Å². The van der Waals surface area contributed by atoms with Crippen LogP contribution in [0.15, 0.2) is 60.7 Å². The van der Waals surface area contributed by atoms with E-state index in [0.717, 1.165) is 16.5 Å². The van der Waals surface area contributed by atoms with Gasteiger partial charge in [-0.3, -0.25) is 4.79 Å². The minimum absolute atomic E-state index is 0.153. The van der Waals surface area contributed by atoms with Gasteiger partial charge in [-0.05, 0) is 55.0 Å². The first-order valence-electron chi connectivity index (χ1n) is 9.34. The fourth-order valence-electron chi connectivity index (χ4n) is 3.24. The van der Waals surface area contributed by atoms with E-state index in [0.29, 0.717) is 32.7 Å². The standard InChI is InChI=1S/C23H19Cl2N3O2/c1-14-22(26-23(29)18-8-7-16-5-3-4-6-17(16)11-18)15(2)28(27-14)13-30-21-10-9-19(24)12-20(21)25/h3-12H,13H2,1-2H3,(H,26,29). The summed E-state index contributed by atoms with van der Waals surface area (Å²) in [6, 6.07) is 18.6. The second-order valence-electron chi connectivity index (χ2n) is 6.91. The van der Waals surface area contributed by atoms with Crippen molar-refractivity contribution in [3.8, 4) is 5.75 Å². The molecule has 0 spiro atoms. The number of aryl methyl sites for hydroxylation is 1. The lowest BCUT2D eigenvalue weighted by Crippen LogP contribution is -2.14. The van der Waals surface area contributed by atoms with E-state index in [2.05, 4.69) is 10.4 Å². The molecule has 4 aromatic rings. The maximum Gasteiger partial charge on any atom is 0.255 e. The van der Waals surface area contributed by atoms with Gasteiger partial charge in [0.1, 0.15) is 5.75 Å². The molecule has 30 heavy (non-hydrogen) atoms. The third-order valence-electron chi connectivity index (χ3n) is 4.87. The van der Waals surface area contributed by atoms with Crippen molar-refractivity contribution in [1.29, 1.82) is 0 Å². The Labute approximate surface area is 184 Å². The molecular weight excluding hydrogens is 421 g/mol. The van der Waals surface area contributed by atoms with Crippen LogP contribution >= 0.6 is 23.2 Å². The number of nitrogens with one attached hydrogen (secondary N) is 1. The number of carbonyl (C=O) groups is 1. The lowest BCUT2D eigenvalue weighted by molar-refractivity contribution is 0.102. The number of hydrogen-bond acceptors (Lipinski definition) is 3. The Morgan fingerprint density at radius 3 is 2.57 bits per heavy atom. The molecule has 4 rings (SSSR count). The quantitative estimate of drug-likeness (QED) is 0.399. The Bertz CT molecular complexity index is 1250. The number of benzene rings is 3. The van der Waals surface area contributed by atoms with Gasteiger partial charge in [0.2, 0.25) is 0 Å². The molecule has 0 aliphatic heterocycles. The first-order valence-corrected chi connectivity index (χ1v) is 10.1. The summed E-state index contributed by atoms with van der Waals surface area (Å²) in [7, 11) is 0. The van der Waals surface area contributed by atoms with Gasteiger partial charge in [-0.25, -0.2) is 4.68 Å². The number of fused-ring (bicyclic) bond motifs is 1. The highest BCUT2D eigenvalue weighted by Gasteiger charge is 2.16. The van der Waals surface area contributed by atoms with E-state index in [4.69, 9.17) is 27.9 Å². The summed E-state index contributed by atoms with van der Waals surface area (Å²) < 4.78 is 7.44. The molecule has 152 valence electrons. The Balaban J connectivity index is 1.51. The molecule has 0 fully saturated rings. The van der Waals surface area contributed by atoms with E-state index < -0.39 is 0 Å². The van der Waals surface area contributed by atoms with Crippen molar-refractivity contribution in [2.24, 2.45) is 0 Å². The van der Waals surface area contributed by atoms with Crippen molar-refractivity contribution in [3.05, 3.63) is 87.7 Å². The topological polar surface area (TPSA) is 56.1 Å². The van der Waals surface area contributed by atoms with Crippen LogP contribution in [0.2, 0.25) is 10.0 Å². The van der Waals surface area contributed by atoms with Gasteiger partial charge < -0.3 is 10.1 Å². The number of aromatic nitrogens is 2.